The van der Waals surface area contributed by atoms with Crippen molar-refractivity contribution < 1.29 is 9.53 Å². The third kappa shape index (κ3) is 3.73. The quantitative estimate of drug-likeness (QED) is 0.648. The number of halogens is 2. The number of carbonyl (C=O) groups excluding carboxylic acids is 1. The molecule has 0 saturated carbocycles. The van der Waals surface area contributed by atoms with Crippen LogP contribution in [0.2, 0.25) is 10.0 Å². The van der Waals surface area contributed by atoms with Crippen LogP contribution in [0.25, 0.3) is 0 Å². The summed E-state index contributed by atoms with van der Waals surface area (Å²) >= 11 is 12.4. The second kappa shape index (κ2) is 7.83. The number of piperidine rings is 1. The van der Waals surface area contributed by atoms with E-state index in [-0.39, 0.29) is 23.8 Å². The van der Waals surface area contributed by atoms with Crippen molar-refractivity contribution in [2.45, 2.75) is 43.9 Å². The second-order valence-corrected chi connectivity index (χ2v) is 8.41. The Balaban J connectivity index is 1.59. The maximum absolute atomic E-state index is 13.1. The van der Waals surface area contributed by atoms with Crippen LogP contribution in [0.4, 0.5) is 0 Å². The van der Waals surface area contributed by atoms with Crippen molar-refractivity contribution in [3.8, 4) is 0 Å². The van der Waals surface area contributed by atoms with Gasteiger partial charge in [-0.05, 0) is 49.6 Å². The average molecular weight is 404 g/mol. The van der Waals surface area contributed by atoms with Gasteiger partial charge >= 0.3 is 5.97 Å². The van der Waals surface area contributed by atoms with Gasteiger partial charge in [-0.2, -0.15) is 0 Å². The number of ether oxygens (including phenoxy) is 1. The number of nitrogens with zero attached hydrogens (tertiary/aromatic N) is 1. The summed E-state index contributed by atoms with van der Waals surface area (Å²) in [6.45, 7) is 0.310. The van der Waals surface area contributed by atoms with Crippen LogP contribution in [0.5, 0.6) is 0 Å². The number of rotatable bonds is 4. The van der Waals surface area contributed by atoms with E-state index < -0.39 is 0 Å². The van der Waals surface area contributed by atoms with Crippen molar-refractivity contribution in [3.63, 3.8) is 0 Å². The minimum atomic E-state index is -0.185. The fourth-order valence-electron chi connectivity index (χ4n) is 4.70. The monoisotopic (exact) mass is 403 g/mol. The maximum atomic E-state index is 13.1. The van der Waals surface area contributed by atoms with E-state index >= 15 is 0 Å². The van der Waals surface area contributed by atoms with Crippen LogP contribution < -0.4 is 0 Å². The molecule has 2 saturated heterocycles. The Morgan fingerprint density at radius 2 is 1.89 bits per heavy atom. The van der Waals surface area contributed by atoms with Crippen molar-refractivity contribution in [1.82, 2.24) is 4.90 Å². The SMILES string of the molecule is CN1[C@H]2CC[C@@H]1[C@@H](C(=O)OCc1ccccc1)[C@@H](c1ccc(Cl)c(Cl)c1)C2. The van der Waals surface area contributed by atoms with Crippen LogP contribution in [0, 0.1) is 5.92 Å². The summed E-state index contributed by atoms with van der Waals surface area (Å²) in [6.07, 6.45) is 3.10. The van der Waals surface area contributed by atoms with Gasteiger partial charge in [0, 0.05) is 18.0 Å². The van der Waals surface area contributed by atoms with E-state index in [1.807, 2.05) is 48.5 Å². The van der Waals surface area contributed by atoms with Crippen LogP contribution in [-0.4, -0.2) is 30.0 Å². The molecule has 0 aromatic heterocycles. The van der Waals surface area contributed by atoms with Gasteiger partial charge < -0.3 is 4.74 Å². The minimum absolute atomic E-state index is 0.108. The van der Waals surface area contributed by atoms with Gasteiger partial charge in [0.05, 0.1) is 16.0 Å². The molecular formula is C22H23Cl2NO2. The number of benzene rings is 2. The molecule has 0 aliphatic carbocycles. The summed E-state index contributed by atoms with van der Waals surface area (Å²) in [5.41, 5.74) is 2.08. The highest BCUT2D eigenvalue weighted by molar-refractivity contribution is 6.42. The summed E-state index contributed by atoms with van der Waals surface area (Å²) in [4.78, 5) is 15.5. The van der Waals surface area contributed by atoms with Crippen molar-refractivity contribution in [2.75, 3.05) is 7.05 Å². The zero-order valence-electron chi connectivity index (χ0n) is 15.3. The molecule has 0 unspecified atom stereocenters. The first kappa shape index (κ1) is 18.8. The van der Waals surface area contributed by atoms with Crippen molar-refractivity contribution >= 4 is 29.2 Å². The molecule has 0 N–H and O–H groups in total. The van der Waals surface area contributed by atoms with Gasteiger partial charge in [-0.25, -0.2) is 0 Å². The van der Waals surface area contributed by atoms with Crippen molar-refractivity contribution in [2.24, 2.45) is 5.92 Å². The number of hydrogen-bond donors (Lipinski definition) is 0. The van der Waals surface area contributed by atoms with E-state index in [1.165, 1.54) is 0 Å². The van der Waals surface area contributed by atoms with Crippen LogP contribution in [0.3, 0.4) is 0 Å². The highest BCUT2D eigenvalue weighted by atomic mass is 35.5. The summed E-state index contributed by atoms with van der Waals surface area (Å²) in [5.74, 6) is -0.196. The van der Waals surface area contributed by atoms with Crippen LogP contribution in [0.1, 0.15) is 36.3 Å². The van der Waals surface area contributed by atoms with Gasteiger partial charge in [0.25, 0.3) is 0 Å². The lowest BCUT2D eigenvalue weighted by atomic mass is 9.76. The number of carbonyl (C=O) groups is 1. The lowest BCUT2D eigenvalue weighted by Gasteiger charge is -2.42. The number of esters is 1. The average Bonchev–Trinajstić information content (AvgIpc) is 2.91. The topological polar surface area (TPSA) is 29.5 Å². The van der Waals surface area contributed by atoms with Crippen LogP contribution >= 0.6 is 23.2 Å². The van der Waals surface area contributed by atoms with E-state index in [2.05, 4.69) is 11.9 Å². The van der Waals surface area contributed by atoms with Gasteiger partial charge in [-0.15, -0.1) is 0 Å². The Kier molecular flexibility index (Phi) is 5.45. The molecule has 2 fully saturated rings. The van der Waals surface area contributed by atoms with Crippen LogP contribution in [0.15, 0.2) is 48.5 Å². The molecule has 2 aromatic carbocycles. The Bertz CT molecular complexity index is 826. The predicted octanol–water partition coefficient (Wildman–Crippen LogP) is 5.30. The van der Waals surface area contributed by atoms with E-state index in [0.29, 0.717) is 22.7 Å². The maximum Gasteiger partial charge on any atom is 0.311 e. The normalized spacial score (nSPS) is 27.5. The fourth-order valence-corrected chi connectivity index (χ4v) is 5.01. The first-order valence-corrected chi connectivity index (χ1v) is 10.2. The summed E-state index contributed by atoms with van der Waals surface area (Å²) < 4.78 is 5.75. The Labute approximate surface area is 170 Å². The Hall–Kier alpha value is -1.55. The Morgan fingerprint density at radius 3 is 2.63 bits per heavy atom. The standard InChI is InChI=1S/C22H23Cl2NO2/c1-25-16-8-10-20(25)21(22(26)27-13-14-5-3-2-4-6-14)17(12-16)15-7-9-18(23)19(24)11-15/h2-7,9,11,16-17,20-21H,8,10,12-13H2,1H3/t16-,17+,20+,21-/m0/s1. The minimum Gasteiger partial charge on any atom is -0.461 e. The lowest BCUT2D eigenvalue weighted by Crippen LogP contribution is -2.49. The van der Waals surface area contributed by atoms with Crippen molar-refractivity contribution in [3.05, 3.63) is 69.7 Å². The number of hydrogen-bond acceptors (Lipinski definition) is 3. The lowest BCUT2D eigenvalue weighted by molar-refractivity contribution is -0.154. The second-order valence-electron chi connectivity index (χ2n) is 7.60. The molecule has 2 aliphatic heterocycles. The van der Waals surface area contributed by atoms with Crippen molar-refractivity contribution in [1.29, 1.82) is 0 Å². The van der Waals surface area contributed by atoms with Gasteiger partial charge in [-0.1, -0.05) is 59.6 Å². The first-order chi connectivity index (χ1) is 13.0. The zero-order chi connectivity index (χ0) is 19.0. The molecule has 0 radical (unpaired) electrons. The highest BCUT2D eigenvalue weighted by Gasteiger charge is 2.49. The molecule has 2 aliphatic rings. The number of fused-ring (bicyclic) bond motifs is 2. The molecule has 4 rings (SSSR count). The molecule has 27 heavy (non-hydrogen) atoms. The molecule has 0 amide bonds. The first-order valence-electron chi connectivity index (χ1n) is 9.42. The molecule has 2 aromatic rings. The molecule has 2 bridgehead atoms. The molecule has 2 heterocycles. The third-order valence-corrected chi connectivity index (χ3v) is 6.88. The molecule has 4 atom stereocenters. The Morgan fingerprint density at radius 1 is 1.11 bits per heavy atom. The van der Waals surface area contributed by atoms with E-state index in [1.54, 1.807) is 0 Å². The summed E-state index contributed by atoms with van der Waals surface area (Å²) in [6, 6.07) is 16.3. The molecule has 142 valence electrons. The fraction of sp³-hybridized carbons (Fsp3) is 0.409. The molecule has 0 spiro atoms. The van der Waals surface area contributed by atoms with Gasteiger partial charge in [0.15, 0.2) is 0 Å². The van der Waals surface area contributed by atoms with E-state index in [0.717, 1.165) is 30.4 Å². The molecule has 3 nitrogen and oxygen atoms in total. The van der Waals surface area contributed by atoms with Gasteiger partial charge in [-0.3, -0.25) is 9.69 Å². The van der Waals surface area contributed by atoms with Crippen LogP contribution in [-0.2, 0) is 16.1 Å². The van der Waals surface area contributed by atoms with E-state index in [4.69, 9.17) is 27.9 Å². The summed E-state index contributed by atoms with van der Waals surface area (Å²) in [5, 5.41) is 1.08. The smallest absolute Gasteiger partial charge is 0.311 e. The summed E-state index contributed by atoms with van der Waals surface area (Å²) in [7, 11) is 2.13. The largest absolute Gasteiger partial charge is 0.461 e. The molecule has 5 heteroatoms. The molecular weight excluding hydrogens is 381 g/mol. The van der Waals surface area contributed by atoms with Gasteiger partial charge in [0.2, 0.25) is 0 Å². The van der Waals surface area contributed by atoms with E-state index in [9.17, 15) is 4.79 Å². The van der Waals surface area contributed by atoms with Gasteiger partial charge in [0.1, 0.15) is 6.61 Å². The highest BCUT2D eigenvalue weighted by Crippen LogP contribution is 2.47. The zero-order valence-corrected chi connectivity index (χ0v) is 16.8. The third-order valence-electron chi connectivity index (χ3n) is 6.14. The predicted molar refractivity (Wildman–Crippen MR) is 108 cm³/mol.